The number of ether oxygens (including phenoxy) is 1. The van der Waals surface area contributed by atoms with Crippen LogP contribution >= 0.6 is 23.2 Å². The molecule has 0 saturated carbocycles. The molecule has 0 aliphatic rings. The molecule has 0 atom stereocenters. The van der Waals surface area contributed by atoms with Gasteiger partial charge < -0.3 is 19.9 Å². The molecule has 5 nitrogen and oxygen atoms in total. The summed E-state index contributed by atoms with van der Waals surface area (Å²) in [5.74, 6) is 0.711. The van der Waals surface area contributed by atoms with E-state index >= 15 is 0 Å². The minimum absolute atomic E-state index is 0.535. The first kappa shape index (κ1) is 20.6. The second-order valence-electron chi connectivity index (χ2n) is 5.93. The highest BCUT2D eigenvalue weighted by Crippen LogP contribution is 2.24. The second-order valence-corrected chi connectivity index (χ2v) is 6.70. The van der Waals surface area contributed by atoms with Crippen LogP contribution < -0.4 is 10.6 Å². The minimum atomic E-state index is 0.535. The average Bonchev–Trinajstić information content (AvgIpc) is 2.90. The van der Waals surface area contributed by atoms with Crippen LogP contribution in [-0.2, 0) is 31.5 Å². The van der Waals surface area contributed by atoms with Gasteiger partial charge in [0, 0.05) is 32.9 Å². The van der Waals surface area contributed by atoms with Gasteiger partial charge in [0.2, 0.25) is 0 Å². The number of benzene rings is 1. The van der Waals surface area contributed by atoms with Gasteiger partial charge in [0.15, 0.2) is 5.96 Å². The van der Waals surface area contributed by atoms with Crippen molar-refractivity contribution in [3.8, 4) is 0 Å². The summed E-state index contributed by atoms with van der Waals surface area (Å²) in [5, 5.41) is 7.70. The Kier molecular flexibility index (Phi) is 8.29. The molecule has 2 N–H and O–H groups in total. The van der Waals surface area contributed by atoms with E-state index in [9.17, 15) is 0 Å². The van der Waals surface area contributed by atoms with E-state index in [-0.39, 0.29) is 0 Å². The molecular formula is C19H26Cl2N4O. The molecule has 2 aromatic rings. The fourth-order valence-corrected chi connectivity index (χ4v) is 2.95. The molecular weight excluding hydrogens is 371 g/mol. The number of rotatable bonds is 8. The molecule has 0 bridgehead atoms. The highest BCUT2D eigenvalue weighted by Gasteiger charge is 2.09. The molecule has 7 heteroatoms. The maximum atomic E-state index is 6.10. The van der Waals surface area contributed by atoms with Gasteiger partial charge in [-0.15, -0.1) is 0 Å². The van der Waals surface area contributed by atoms with E-state index in [1.165, 1.54) is 11.1 Å². The van der Waals surface area contributed by atoms with Gasteiger partial charge in [0.1, 0.15) is 5.15 Å². The number of nitrogens with one attached hydrogen (secondary N) is 2. The summed E-state index contributed by atoms with van der Waals surface area (Å²) in [6, 6.07) is 10.1. The Morgan fingerprint density at radius 1 is 1.15 bits per heavy atom. The minimum Gasteiger partial charge on any atom is -0.377 e. The third-order valence-electron chi connectivity index (χ3n) is 4.05. The predicted octanol–water partition coefficient (Wildman–Crippen LogP) is 4.12. The first-order chi connectivity index (χ1) is 12.6. The lowest BCUT2D eigenvalue weighted by atomic mass is 10.1. The molecule has 0 radical (unpaired) electrons. The number of hydrogen-bond donors (Lipinski definition) is 2. The van der Waals surface area contributed by atoms with Gasteiger partial charge in [-0.1, -0.05) is 54.4 Å². The largest absolute Gasteiger partial charge is 0.377 e. The maximum Gasteiger partial charge on any atom is 0.191 e. The van der Waals surface area contributed by atoms with Crippen molar-refractivity contribution in [2.24, 2.45) is 12.0 Å². The van der Waals surface area contributed by atoms with Crippen LogP contribution in [0.1, 0.15) is 30.2 Å². The first-order valence-corrected chi connectivity index (χ1v) is 9.41. The van der Waals surface area contributed by atoms with Crippen molar-refractivity contribution in [1.82, 2.24) is 15.2 Å². The predicted molar refractivity (Wildman–Crippen MR) is 109 cm³/mol. The van der Waals surface area contributed by atoms with E-state index < -0.39 is 0 Å². The average molecular weight is 397 g/mol. The molecule has 0 unspecified atom stereocenters. The summed E-state index contributed by atoms with van der Waals surface area (Å²) in [7, 11) is 3.63. The van der Waals surface area contributed by atoms with Crippen molar-refractivity contribution >= 4 is 29.2 Å². The number of halogens is 2. The van der Waals surface area contributed by atoms with Gasteiger partial charge >= 0.3 is 0 Å². The number of aliphatic imine (C=N–C) groups is 1. The van der Waals surface area contributed by atoms with Crippen LogP contribution in [-0.4, -0.2) is 24.2 Å². The maximum absolute atomic E-state index is 6.10. The summed E-state index contributed by atoms with van der Waals surface area (Å²) in [4.78, 5) is 4.27. The first-order valence-electron chi connectivity index (χ1n) is 8.65. The summed E-state index contributed by atoms with van der Waals surface area (Å²) in [5.41, 5.74) is 3.36. The molecule has 1 aromatic heterocycles. The summed E-state index contributed by atoms with van der Waals surface area (Å²) in [6.07, 6.45) is 1.02. The van der Waals surface area contributed by atoms with E-state index in [4.69, 9.17) is 27.9 Å². The van der Waals surface area contributed by atoms with Gasteiger partial charge in [-0.3, -0.25) is 4.99 Å². The van der Waals surface area contributed by atoms with Gasteiger partial charge in [0.25, 0.3) is 0 Å². The molecule has 2 rings (SSSR count). The molecule has 0 spiro atoms. The lowest BCUT2D eigenvalue weighted by molar-refractivity contribution is 0.121. The Morgan fingerprint density at radius 2 is 1.85 bits per heavy atom. The van der Waals surface area contributed by atoms with Gasteiger partial charge in [-0.25, -0.2) is 0 Å². The third-order valence-corrected chi connectivity index (χ3v) is 4.89. The van der Waals surface area contributed by atoms with Crippen LogP contribution in [0.25, 0.3) is 0 Å². The van der Waals surface area contributed by atoms with E-state index in [0.29, 0.717) is 35.8 Å². The molecule has 26 heavy (non-hydrogen) atoms. The summed E-state index contributed by atoms with van der Waals surface area (Å²) in [6.45, 7) is 4.74. The Morgan fingerprint density at radius 3 is 2.46 bits per heavy atom. The van der Waals surface area contributed by atoms with Gasteiger partial charge in [-0.2, -0.15) is 0 Å². The number of guanidine groups is 1. The second kappa shape index (κ2) is 10.5. The quantitative estimate of drug-likeness (QED) is 0.400. The topological polar surface area (TPSA) is 50.6 Å². The van der Waals surface area contributed by atoms with Gasteiger partial charge in [-0.05, 0) is 23.6 Å². The molecule has 1 aromatic carbocycles. The zero-order valence-electron chi connectivity index (χ0n) is 15.5. The van der Waals surface area contributed by atoms with Crippen molar-refractivity contribution in [3.05, 3.63) is 57.3 Å². The number of aromatic nitrogens is 1. The van der Waals surface area contributed by atoms with Crippen molar-refractivity contribution < 1.29 is 4.74 Å². The molecule has 142 valence electrons. The zero-order chi connectivity index (χ0) is 18.9. The van der Waals surface area contributed by atoms with Crippen molar-refractivity contribution in [1.29, 1.82) is 0 Å². The fraction of sp³-hybridized carbons (Fsp3) is 0.421. The normalized spacial score (nSPS) is 11.7. The molecule has 0 saturated heterocycles. The Labute approximate surface area is 165 Å². The lowest BCUT2D eigenvalue weighted by Crippen LogP contribution is -2.36. The highest BCUT2D eigenvalue weighted by atomic mass is 35.5. The Balaban J connectivity index is 1.92. The molecule has 0 aliphatic carbocycles. The molecule has 0 fully saturated rings. The number of nitrogens with zero attached hydrogens (tertiary/aromatic N) is 2. The SMILES string of the molecule is CCCOCc1ccccc1CNC(=NC)NCc1cc(Cl)c(Cl)n1C. The fourth-order valence-electron chi connectivity index (χ4n) is 2.53. The number of hydrogen-bond acceptors (Lipinski definition) is 2. The van der Waals surface area contributed by atoms with Gasteiger partial charge in [0.05, 0.1) is 18.2 Å². The Hall–Kier alpha value is -1.69. The molecule has 0 aliphatic heterocycles. The summed E-state index contributed by atoms with van der Waals surface area (Å²) < 4.78 is 7.53. The van der Waals surface area contributed by atoms with Crippen LogP contribution in [0.4, 0.5) is 0 Å². The smallest absolute Gasteiger partial charge is 0.191 e. The van der Waals surface area contributed by atoms with E-state index in [1.807, 2.05) is 29.8 Å². The lowest BCUT2D eigenvalue weighted by Gasteiger charge is -2.15. The van der Waals surface area contributed by atoms with E-state index in [2.05, 4.69) is 34.7 Å². The van der Waals surface area contributed by atoms with Crippen LogP contribution in [0.3, 0.4) is 0 Å². The van der Waals surface area contributed by atoms with E-state index in [0.717, 1.165) is 18.7 Å². The van der Waals surface area contributed by atoms with E-state index in [1.54, 1.807) is 7.05 Å². The van der Waals surface area contributed by atoms with Crippen LogP contribution in [0.2, 0.25) is 10.2 Å². The van der Waals surface area contributed by atoms with Crippen molar-refractivity contribution in [2.75, 3.05) is 13.7 Å². The zero-order valence-corrected chi connectivity index (χ0v) is 17.0. The molecule has 0 amide bonds. The van der Waals surface area contributed by atoms with Crippen LogP contribution in [0, 0.1) is 0 Å². The Bertz CT molecular complexity index is 743. The third kappa shape index (κ3) is 5.66. The monoisotopic (exact) mass is 396 g/mol. The summed E-state index contributed by atoms with van der Waals surface area (Å²) >= 11 is 12.2. The van der Waals surface area contributed by atoms with Crippen molar-refractivity contribution in [2.45, 2.75) is 33.0 Å². The standard InChI is InChI=1S/C19H26Cl2N4O/c1-4-9-26-13-15-8-6-5-7-14(15)11-23-19(22-2)24-12-16-10-17(20)18(21)25(16)3/h5-8,10H,4,9,11-13H2,1-3H3,(H2,22,23,24). The van der Waals surface area contributed by atoms with Crippen LogP contribution in [0.15, 0.2) is 35.3 Å². The van der Waals surface area contributed by atoms with Crippen LogP contribution in [0.5, 0.6) is 0 Å². The molecule has 1 heterocycles. The van der Waals surface area contributed by atoms with Crippen molar-refractivity contribution in [3.63, 3.8) is 0 Å². The highest BCUT2D eigenvalue weighted by molar-refractivity contribution is 6.41.